The van der Waals surface area contributed by atoms with Gasteiger partial charge in [0.05, 0.1) is 10.7 Å². The van der Waals surface area contributed by atoms with Crippen LogP contribution in [0.1, 0.15) is 9.67 Å². The van der Waals surface area contributed by atoms with Gasteiger partial charge in [0.2, 0.25) is 0 Å². The minimum absolute atomic E-state index is 0.0605. The number of rotatable bonds is 2. The second-order valence-corrected chi connectivity index (χ2v) is 5.39. The van der Waals surface area contributed by atoms with E-state index in [1.165, 1.54) is 23.5 Å². The summed E-state index contributed by atoms with van der Waals surface area (Å²) in [6.45, 7) is 0. The fraction of sp³-hybridized carbons (Fsp3) is 0. The first-order valence-corrected chi connectivity index (χ1v) is 6.66. The van der Waals surface area contributed by atoms with Crippen LogP contribution in [0.3, 0.4) is 0 Å². The maximum absolute atomic E-state index is 11.9. The largest absolute Gasteiger partial charge is 0.508 e. The molecule has 17 heavy (non-hydrogen) atoms. The summed E-state index contributed by atoms with van der Waals surface area (Å²) in [7, 11) is 0. The molecule has 0 aliphatic heterocycles. The predicted octanol–water partition coefficient (Wildman–Crippen LogP) is 4.12. The number of nitrogens with one attached hydrogen (secondary N) is 1. The lowest BCUT2D eigenvalue weighted by molar-refractivity contribution is 0.103. The number of benzene rings is 1. The summed E-state index contributed by atoms with van der Waals surface area (Å²) in [5.41, 5.74) is 0.467. The van der Waals surface area contributed by atoms with Crippen LogP contribution in [0.5, 0.6) is 5.75 Å². The number of thiophene rings is 1. The molecule has 1 aromatic heterocycles. The van der Waals surface area contributed by atoms with Crippen LogP contribution >= 0.6 is 38.9 Å². The number of halogens is 2. The van der Waals surface area contributed by atoms with Gasteiger partial charge in [-0.1, -0.05) is 11.6 Å². The smallest absolute Gasteiger partial charge is 0.266 e. The number of hydrogen-bond donors (Lipinski definition) is 2. The average Bonchev–Trinajstić information content (AvgIpc) is 2.68. The number of anilines is 1. The predicted molar refractivity (Wildman–Crippen MR) is 73.1 cm³/mol. The monoisotopic (exact) mass is 331 g/mol. The maximum atomic E-state index is 11.9. The number of phenolic OH excluding ortho intramolecular Hbond substituents is 1. The Morgan fingerprint density at radius 3 is 2.76 bits per heavy atom. The summed E-state index contributed by atoms with van der Waals surface area (Å²) in [5, 5.41) is 14.0. The van der Waals surface area contributed by atoms with Gasteiger partial charge in [0.15, 0.2) is 0 Å². The van der Waals surface area contributed by atoms with Gasteiger partial charge in [-0.15, -0.1) is 11.3 Å². The fourth-order valence-corrected chi connectivity index (χ4v) is 2.91. The lowest BCUT2D eigenvalue weighted by atomic mass is 10.3. The van der Waals surface area contributed by atoms with Gasteiger partial charge in [0, 0.05) is 10.5 Å². The molecular formula is C11H7BrClNO2S. The van der Waals surface area contributed by atoms with Gasteiger partial charge in [-0.25, -0.2) is 0 Å². The zero-order chi connectivity index (χ0) is 12.4. The zero-order valence-electron chi connectivity index (χ0n) is 8.41. The molecule has 0 unspecified atom stereocenters. The molecular weight excluding hydrogens is 326 g/mol. The molecule has 1 amide bonds. The molecule has 0 aliphatic carbocycles. The van der Waals surface area contributed by atoms with E-state index < -0.39 is 0 Å². The van der Waals surface area contributed by atoms with Crippen molar-refractivity contribution in [1.82, 2.24) is 0 Å². The van der Waals surface area contributed by atoms with Crippen molar-refractivity contribution in [1.29, 1.82) is 0 Å². The second-order valence-electron chi connectivity index (χ2n) is 3.22. The average molecular weight is 333 g/mol. The lowest BCUT2D eigenvalue weighted by Crippen LogP contribution is -2.10. The summed E-state index contributed by atoms with van der Waals surface area (Å²) in [6, 6.07) is 6.20. The molecule has 0 saturated heterocycles. The molecule has 3 nitrogen and oxygen atoms in total. The Labute approximate surface area is 115 Å². The van der Waals surface area contributed by atoms with Crippen molar-refractivity contribution in [2.24, 2.45) is 0 Å². The van der Waals surface area contributed by atoms with Crippen molar-refractivity contribution in [2.75, 3.05) is 5.32 Å². The highest BCUT2D eigenvalue weighted by atomic mass is 79.9. The van der Waals surface area contributed by atoms with Gasteiger partial charge in [-0.2, -0.15) is 0 Å². The molecule has 0 atom stereocenters. The molecule has 0 bridgehead atoms. The summed E-state index contributed by atoms with van der Waals surface area (Å²) in [4.78, 5) is 12.5. The highest BCUT2D eigenvalue weighted by Crippen LogP contribution is 2.28. The van der Waals surface area contributed by atoms with Gasteiger partial charge in [0.1, 0.15) is 10.6 Å². The van der Waals surface area contributed by atoms with E-state index in [0.29, 0.717) is 15.6 Å². The molecule has 0 radical (unpaired) electrons. The number of carbonyl (C=O) groups is 1. The summed E-state index contributed by atoms with van der Waals surface area (Å²) in [6.07, 6.45) is 0. The van der Waals surface area contributed by atoms with Crippen molar-refractivity contribution >= 4 is 50.5 Å². The minimum Gasteiger partial charge on any atom is -0.508 e. The highest BCUT2D eigenvalue weighted by Gasteiger charge is 2.13. The third-order valence-electron chi connectivity index (χ3n) is 2.02. The van der Waals surface area contributed by atoms with Crippen molar-refractivity contribution in [3.63, 3.8) is 0 Å². The van der Waals surface area contributed by atoms with Crippen LogP contribution in [0.15, 0.2) is 34.1 Å². The Hall–Kier alpha value is -1.04. The summed E-state index contributed by atoms with van der Waals surface area (Å²) >= 11 is 10.5. The van der Waals surface area contributed by atoms with Gasteiger partial charge >= 0.3 is 0 Å². The molecule has 0 saturated carbocycles. The van der Waals surface area contributed by atoms with E-state index in [-0.39, 0.29) is 11.7 Å². The first kappa shape index (κ1) is 12.4. The number of amides is 1. The second kappa shape index (κ2) is 5.08. The van der Waals surface area contributed by atoms with Crippen molar-refractivity contribution in [2.45, 2.75) is 0 Å². The van der Waals surface area contributed by atoms with E-state index >= 15 is 0 Å². The molecule has 2 rings (SSSR count). The standard InChI is InChI=1S/C11H7BrClNO2S/c12-7-3-4-17-10(7)11(16)14-9-2-1-6(15)5-8(9)13/h1-5,15H,(H,14,16). The molecule has 1 heterocycles. The van der Waals surface area contributed by atoms with Crippen molar-refractivity contribution in [3.05, 3.63) is 44.0 Å². The van der Waals surface area contributed by atoms with Crippen LogP contribution in [0.25, 0.3) is 0 Å². The molecule has 0 fully saturated rings. The Bertz CT molecular complexity index is 570. The minimum atomic E-state index is -0.237. The molecule has 88 valence electrons. The molecule has 0 aliphatic rings. The quantitative estimate of drug-likeness (QED) is 0.813. The highest BCUT2D eigenvalue weighted by molar-refractivity contribution is 9.10. The molecule has 0 spiro atoms. The van der Waals surface area contributed by atoms with Gasteiger partial charge in [-0.05, 0) is 39.5 Å². The van der Waals surface area contributed by atoms with Crippen molar-refractivity contribution in [3.8, 4) is 5.75 Å². The summed E-state index contributed by atoms with van der Waals surface area (Å²) < 4.78 is 0.745. The van der Waals surface area contributed by atoms with Crippen LogP contribution < -0.4 is 5.32 Å². The summed E-state index contributed by atoms with van der Waals surface area (Å²) in [5.74, 6) is -0.176. The maximum Gasteiger partial charge on any atom is 0.266 e. The number of hydrogen-bond acceptors (Lipinski definition) is 3. The fourth-order valence-electron chi connectivity index (χ4n) is 1.24. The van der Waals surface area contributed by atoms with E-state index in [1.807, 2.05) is 5.38 Å². The van der Waals surface area contributed by atoms with Crippen LogP contribution in [-0.2, 0) is 0 Å². The number of phenols is 1. The lowest BCUT2D eigenvalue weighted by Gasteiger charge is -2.06. The SMILES string of the molecule is O=C(Nc1ccc(O)cc1Cl)c1sccc1Br. The zero-order valence-corrected chi connectivity index (χ0v) is 11.6. The molecule has 2 N–H and O–H groups in total. The Morgan fingerprint density at radius 2 is 2.18 bits per heavy atom. The van der Waals surface area contributed by atoms with Crippen molar-refractivity contribution < 1.29 is 9.90 Å². The van der Waals surface area contributed by atoms with E-state index in [1.54, 1.807) is 12.1 Å². The molecule has 1 aromatic carbocycles. The van der Waals surface area contributed by atoms with E-state index in [2.05, 4.69) is 21.2 Å². The first-order valence-electron chi connectivity index (χ1n) is 4.61. The van der Waals surface area contributed by atoms with Gasteiger partial charge in [-0.3, -0.25) is 4.79 Å². The van der Waals surface area contributed by atoms with E-state index in [4.69, 9.17) is 11.6 Å². The van der Waals surface area contributed by atoms with Crippen LogP contribution in [0, 0.1) is 0 Å². The van der Waals surface area contributed by atoms with E-state index in [9.17, 15) is 9.90 Å². The van der Waals surface area contributed by atoms with Gasteiger partial charge in [0.25, 0.3) is 5.91 Å². The topological polar surface area (TPSA) is 49.3 Å². The Balaban J connectivity index is 2.22. The van der Waals surface area contributed by atoms with E-state index in [0.717, 1.165) is 4.47 Å². The normalized spacial score (nSPS) is 10.2. The third-order valence-corrected chi connectivity index (χ3v) is 4.17. The van der Waals surface area contributed by atoms with Crippen LogP contribution in [-0.4, -0.2) is 11.0 Å². The van der Waals surface area contributed by atoms with Gasteiger partial charge < -0.3 is 10.4 Å². The Kier molecular flexibility index (Phi) is 3.71. The number of aromatic hydroxyl groups is 1. The Morgan fingerprint density at radius 1 is 1.41 bits per heavy atom. The first-order chi connectivity index (χ1) is 8.08. The van der Waals surface area contributed by atoms with Crippen LogP contribution in [0.4, 0.5) is 5.69 Å². The van der Waals surface area contributed by atoms with Crippen LogP contribution in [0.2, 0.25) is 5.02 Å². The third kappa shape index (κ3) is 2.80. The molecule has 2 aromatic rings. The number of carbonyl (C=O) groups excluding carboxylic acids is 1. The molecule has 6 heteroatoms.